The van der Waals surface area contributed by atoms with Gasteiger partial charge in [0.15, 0.2) is 0 Å². The zero-order valence-corrected chi connectivity index (χ0v) is 15.2. The van der Waals surface area contributed by atoms with Crippen LogP contribution in [0, 0.1) is 13.8 Å². The average Bonchev–Trinajstić information content (AvgIpc) is 2.66. The Labute approximate surface area is 154 Å². The standard InChI is InChI=1S/C23H23NO2/c1-17-11-12-21(15-18(17)2)24-23(25)20-9-6-10-22(16-20)26-14-13-19-7-4-3-5-8-19/h3-12,15-16H,13-14H2,1-2H3,(H,24,25). The smallest absolute Gasteiger partial charge is 0.255 e. The number of hydrogen-bond acceptors (Lipinski definition) is 2. The first-order valence-corrected chi connectivity index (χ1v) is 8.77. The first kappa shape index (κ1) is 17.7. The van der Waals surface area contributed by atoms with Crippen LogP contribution in [0.15, 0.2) is 72.8 Å². The van der Waals surface area contributed by atoms with Crippen molar-refractivity contribution in [3.8, 4) is 5.75 Å². The second-order valence-electron chi connectivity index (χ2n) is 6.37. The lowest BCUT2D eigenvalue weighted by Crippen LogP contribution is -2.12. The van der Waals surface area contributed by atoms with Crippen LogP contribution < -0.4 is 10.1 Å². The minimum Gasteiger partial charge on any atom is -0.493 e. The van der Waals surface area contributed by atoms with Gasteiger partial charge in [-0.15, -0.1) is 0 Å². The molecule has 26 heavy (non-hydrogen) atoms. The first-order valence-electron chi connectivity index (χ1n) is 8.77. The molecule has 0 saturated heterocycles. The molecule has 3 aromatic carbocycles. The van der Waals surface area contributed by atoms with Crippen molar-refractivity contribution in [2.45, 2.75) is 20.3 Å². The predicted molar refractivity (Wildman–Crippen MR) is 106 cm³/mol. The number of hydrogen-bond donors (Lipinski definition) is 1. The molecule has 132 valence electrons. The fourth-order valence-electron chi connectivity index (χ4n) is 2.68. The summed E-state index contributed by atoms with van der Waals surface area (Å²) in [7, 11) is 0. The summed E-state index contributed by atoms with van der Waals surface area (Å²) < 4.78 is 5.81. The number of carbonyl (C=O) groups is 1. The van der Waals surface area contributed by atoms with Gasteiger partial charge in [-0.1, -0.05) is 42.5 Å². The lowest BCUT2D eigenvalue weighted by molar-refractivity contribution is 0.102. The van der Waals surface area contributed by atoms with Crippen molar-refractivity contribution in [2.75, 3.05) is 11.9 Å². The fourth-order valence-corrected chi connectivity index (χ4v) is 2.68. The van der Waals surface area contributed by atoms with Gasteiger partial charge in [-0.25, -0.2) is 0 Å². The Morgan fingerprint density at radius 2 is 1.69 bits per heavy atom. The summed E-state index contributed by atoms with van der Waals surface area (Å²) in [6, 6.07) is 23.4. The molecule has 0 saturated carbocycles. The third kappa shape index (κ3) is 4.73. The van der Waals surface area contributed by atoms with Crippen LogP contribution in [0.4, 0.5) is 5.69 Å². The van der Waals surface area contributed by atoms with Crippen molar-refractivity contribution < 1.29 is 9.53 Å². The molecule has 0 aliphatic rings. The van der Waals surface area contributed by atoms with Crippen molar-refractivity contribution in [2.24, 2.45) is 0 Å². The number of anilines is 1. The van der Waals surface area contributed by atoms with Crippen molar-refractivity contribution in [3.63, 3.8) is 0 Å². The summed E-state index contributed by atoms with van der Waals surface area (Å²) in [5.41, 5.74) is 4.97. The summed E-state index contributed by atoms with van der Waals surface area (Å²) in [5, 5.41) is 2.94. The number of benzene rings is 3. The molecule has 0 aromatic heterocycles. The Hall–Kier alpha value is -3.07. The number of nitrogens with one attached hydrogen (secondary N) is 1. The monoisotopic (exact) mass is 345 g/mol. The van der Waals surface area contributed by atoms with Crippen LogP contribution in [-0.4, -0.2) is 12.5 Å². The fraction of sp³-hybridized carbons (Fsp3) is 0.174. The highest BCUT2D eigenvalue weighted by Gasteiger charge is 2.08. The SMILES string of the molecule is Cc1ccc(NC(=O)c2cccc(OCCc3ccccc3)c2)cc1C. The van der Waals surface area contributed by atoms with Gasteiger partial charge in [0.25, 0.3) is 5.91 Å². The Morgan fingerprint density at radius 3 is 2.46 bits per heavy atom. The third-order valence-corrected chi connectivity index (χ3v) is 4.36. The Kier molecular flexibility index (Phi) is 5.69. The highest BCUT2D eigenvalue weighted by Crippen LogP contribution is 2.18. The molecule has 3 aromatic rings. The summed E-state index contributed by atoms with van der Waals surface area (Å²) in [4.78, 5) is 12.5. The lowest BCUT2D eigenvalue weighted by Gasteiger charge is -2.10. The van der Waals surface area contributed by atoms with Crippen LogP contribution in [0.2, 0.25) is 0 Å². The number of rotatable bonds is 6. The van der Waals surface area contributed by atoms with E-state index in [0.717, 1.165) is 17.7 Å². The molecule has 0 aliphatic carbocycles. The van der Waals surface area contributed by atoms with Gasteiger partial charge in [0.05, 0.1) is 6.61 Å². The molecule has 0 spiro atoms. The highest BCUT2D eigenvalue weighted by molar-refractivity contribution is 6.04. The van der Waals surface area contributed by atoms with Crippen LogP contribution in [0.25, 0.3) is 0 Å². The van der Waals surface area contributed by atoms with Crippen LogP contribution in [0.3, 0.4) is 0 Å². The molecule has 3 heteroatoms. The van der Waals surface area contributed by atoms with Gasteiger partial charge in [0.1, 0.15) is 5.75 Å². The van der Waals surface area contributed by atoms with E-state index < -0.39 is 0 Å². The van der Waals surface area contributed by atoms with E-state index >= 15 is 0 Å². The zero-order valence-electron chi connectivity index (χ0n) is 15.2. The molecule has 0 radical (unpaired) electrons. The molecule has 0 bridgehead atoms. The van der Waals surface area contributed by atoms with E-state index in [9.17, 15) is 4.79 Å². The molecule has 1 N–H and O–H groups in total. The van der Waals surface area contributed by atoms with E-state index in [0.29, 0.717) is 17.9 Å². The topological polar surface area (TPSA) is 38.3 Å². The molecule has 0 atom stereocenters. The molecule has 0 unspecified atom stereocenters. The van der Waals surface area contributed by atoms with Crippen LogP contribution in [-0.2, 0) is 6.42 Å². The normalized spacial score (nSPS) is 10.4. The van der Waals surface area contributed by atoms with E-state index in [2.05, 4.69) is 24.4 Å². The molecule has 0 fully saturated rings. The minimum atomic E-state index is -0.137. The molecule has 1 amide bonds. The highest BCUT2D eigenvalue weighted by atomic mass is 16.5. The van der Waals surface area contributed by atoms with Crippen LogP contribution in [0.1, 0.15) is 27.0 Å². The molecule has 0 heterocycles. The molecule has 0 aliphatic heterocycles. The Morgan fingerprint density at radius 1 is 0.885 bits per heavy atom. The first-order chi connectivity index (χ1) is 12.6. The van der Waals surface area contributed by atoms with E-state index in [1.807, 2.05) is 55.5 Å². The molecule has 3 rings (SSSR count). The van der Waals surface area contributed by atoms with Crippen LogP contribution >= 0.6 is 0 Å². The minimum absolute atomic E-state index is 0.137. The second-order valence-corrected chi connectivity index (χ2v) is 6.37. The Bertz CT molecular complexity index is 888. The maximum absolute atomic E-state index is 12.5. The van der Waals surface area contributed by atoms with Gasteiger partial charge >= 0.3 is 0 Å². The van der Waals surface area contributed by atoms with Gasteiger partial charge in [0, 0.05) is 17.7 Å². The summed E-state index contributed by atoms with van der Waals surface area (Å²) in [6.45, 7) is 4.66. The quantitative estimate of drug-likeness (QED) is 0.669. The number of aryl methyl sites for hydroxylation is 2. The maximum Gasteiger partial charge on any atom is 0.255 e. The second kappa shape index (κ2) is 8.34. The van der Waals surface area contributed by atoms with Crippen molar-refractivity contribution in [1.29, 1.82) is 0 Å². The van der Waals surface area contributed by atoms with Gasteiger partial charge in [-0.2, -0.15) is 0 Å². The van der Waals surface area contributed by atoms with Gasteiger partial charge in [-0.05, 0) is 60.9 Å². The molecular weight excluding hydrogens is 322 g/mol. The van der Waals surface area contributed by atoms with Crippen molar-refractivity contribution in [3.05, 3.63) is 95.1 Å². The van der Waals surface area contributed by atoms with E-state index in [-0.39, 0.29) is 5.91 Å². The predicted octanol–water partition coefficient (Wildman–Crippen LogP) is 5.18. The third-order valence-electron chi connectivity index (χ3n) is 4.36. The summed E-state index contributed by atoms with van der Waals surface area (Å²) >= 11 is 0. The number of ether oxygens (including phenoxy) is 1. The average molecular weight is 345 g/mol. The number of carbonyl (C=O) groups excluding carboxylic acids is 1. The largest absolute Gasteiger partial charge is 0.493 e. The van der Waals surface area contributed by atoms with Crippen LogP contribution in [0.5, 0.6) is 5.75 Å². The zero-order chi connectivity index (χ0) is 18.4. The molecular formula is C23H23NO2. The Balaban J connectivity index is 1.60. The number of amides is 1. The molecule has 3 nitrogen and oxygen atoms in total. The summed E-state index contributed by atoms with van der Waals surface area (Å²) in [6.07, 6.45) is 0.833. The van der Waals surface area contributed by atoms with E-state index in [4.69, 9.17) is 4.74 Å². The lowest BCUT2D eigenvalue weighted by atomic mass is 10.1. The van der Waals surface area contributed by atoms with E-state index in [1.165, 1.54) is 11.1 Å². The van der Waals surface area contributed by atoms with Crippen molar-refractivity contribution in [1.82, 2.24) is 0 Å². The van der Waals surface area contributed by atoms with E-state index in [1.54, 1.807) is 12.1 Å². The van der Waals surface area contributed by atoms with Crippen molar-refractivity contribution >= 4 is 11.6 Å². The van der Waals surface area contributed by atoms with Gasteiger partial charge in [0.2, 0.25) is 0 Å². The van der Waals surface area contributed by atoms with Gasteiger partial charge < -0.3 is 10.1 Å². The summed E-state index contributed by atoms with van der Waals surface area (Å²) in [5.74, 6) is 0.565. The maximum atomic E-state index is 12.5. The van der Waals surface area contributed by atoms with Gasteiger partial charge in [-0.3, -0.25) is 4.79 Å².